The third-order valence-electron chi connectivity index (χ3n) is 0.929. The predicted molar refractivity (Wildman–Crippen MR) is 60.3 cm³/mol. The second kappa shape index (κ2) is 18.8. The van der Waals surface area contributed by atoms with Crippen LogP contribution in [-0.2, 0) is 9.53 Å². The Hall–Kier alpha value is -0.910. The van der Waals surface area contributed by atoms with Crippen LogP contribution in [0.4, 0.5) is 0 Å². The van der Waals surface area contributed by atoms with Crippen LogP contribution < -0.4 is 5.73 Å². The third-order valence-corrected chi connectivity index (χ3v) is 0.929. The summed E-state index contributed by atoms with van der Waals surface area (Å²) in [5.74, 6) is -0.435. The molecule has 0 aromatic carbocycles. The fourth-order valence-electron chi connectivity index (χ4n) is 0.204. The van der Waals surface area contributed by atoms with Crippen LogP contribution in [0.2, 0.25) is 0 Å². The molecule has 0 unspecified atom stereocenters. The number of aliphatic hydroxyl groups excluding tert-OH is 2. The van der Waals surface area contributed by atoms with Gasteiger partial charge >= 0.3 is 0 Å². The van der Waals surface area contributed by atoms with Gasteiger partial charge in [-0.1, -0.05) is 6.58 Å². The van der Waals surface area contributed by atoms with Gasteiger partial charge in [-0.2, -0.15) is 0 Å². The molecule has 0 saturated heterocycles. The molecule has 5 heteroatoms. The second-order valence-corrected chi connectivity index (χ2v) is 2.37. The Morgan fingerprint density at radius 3 is 1.53 bits per heavy atom. The number of aliphatic hydroxyl groups is 2. The van der Waals surface area contributed by atoms with E-state index in [9.17, 15) is 4.79 Å². The zero-order valence-corrected chi connectivity index (χ0v) is 9.82. The summed E-state index contributed by atoms with van der Waals surface area (Å²) < 4.78 is 4.83. The number of nitrogens with two attached hydrogens (primary N) is 1. The van der Waals surface area contributed by atoms with Crippen molar-refractivity contribution in [1.82, 2.24) is 0 Å². The van der Waals surface area contributed by atoms with Crippen molar-refractivity contribution in [1.29, 1.82) is 0 Å². The van der Waals surface area contributed by atoms with E-state index < -0.39 is 5.91 Å². The molecule has 0 aromatic heterocycles. The summed E-state index contributed by atoms with van der Waals surface area (Å²) in [5, 5.41) is 15.2. The van der Waals surface area contributed by atoms with E-state index in [4.69, 9.17) is 20.7 Å². The van der Waals surface area contributed by atoms with E-state index in [0.29, 0.717) is 5.57 Å². The molecule has 0 spiro atoms. The van der Waals surface area contributed by atoms with Gasteiger partial charge in [0.15, 0.2) is 0 Å². The van der Waals surface area contributed by atoms with Crippen LogP contribution in [-0.4, -0.2) is 42.5 Å². The third kappa shape index (κ3) is 43.4. The number of hydrogen-bond acceptors (Lipinski definition) is 4. The van der Waals surface area contributed by atoms with Gasteiger partial charge in [0.25, 0.3) is 0 Å². The first-order chi connectivity index (χ1) is 6.97. The molecule has 5 nitrogen and oxygen atoms in total. The van der Waals surface area contributed by atoms with Crippen molar-refractivity contribution in [3.63, 3.8) is 0 Å². The van der Waals surface area contributed by atoms with Crippen molar-refractivity contribution in [2.75, 3.05) is 26.4 Å². The topological polar surface area (TPSA) is 92.8 Å². The first-order valence-corrected chi connectivity index (χ1v) is 4.72. The Labute approximate surface area is 91.5 Å². The molecule has 1 amide bonds. The van der Waals surface area contributed by atoms with Crippen LogP contribution in [0.15, 0.2) is 12.2 Å². The summed E-state index contributed by atoms with van der Waals surface area (Å²) in [6.45, 7) is 10.3. The van der Waals surface area contributed by atoms with E-state index in [2.05, 4.69) is 6.58 Å². The van der Waals surface area contributed by atoms with Crippen molar-refractivity contribution in [3.8, 4) is 0 Å². The first kappa shape index (κ1) is 19.6. The first-order valence-electron chi connectivity index (χ1n) is 4.72. The van der Waals surface area contributed by atoms with Gasteiger partial charge in [0.2, 0.25) is 5.91 Å². The maximum Gasteiger partial charge on any atom is 0.243 e. The van der Waals surface area contributed by atoms with E-state index >= 15 is 0 Å². The standard InChI is InChI=1S/C4H7NO.C4H10O.C2H6O2/c1-3(2)4(5)6;1-3-5-4-2;3-1-2-4/h1H2,2H3,(H2,5,6);3-4H2,1-2H3;3-4H,1-2H2. The van der Waals surface area contributed by atoms with Gasteiger partial charge < -0.3 is 20.7 Å². The molecule has 0 aliphatic rings. The Morgan fingerprint density at radius 1 is 1.27 bits per heavy atom. The van der Waals surface area contributed by atoms with Gasteiger partial charge in [-0.05, 0) is 20.8 Å². The zero-order valence-electron chi connectivity index (χ0n) is 9.82. The highest BCUT2D eigenvalue weighted by Gasteiger charge is 1.86. The Morgan fingerprint density at radius 2 is 1.53 bits per heavy atom. The minimum absolute atomic E-state index is 0.125. The van der Waals surface area contributed by atoms with Crippen LogP contribution in [0.3, 0.4) is 0 Å². The van der Waals surface area contributed by atoms with E-state index in [1.54, 1.807) is 6.92 Å². The molecule has 0 heterocycles. The second-order valence-electron chi connectivity index (χ2n) is 2.37. The molecular formula is C10H23NO4. The van der Waals surface area contributed by atoms with Crippen molar-refractivity contribution in [2.45, 2.75) is 20.8 Å². The number of amides is 1. The lowest BCUT2D eigenvalue weighted by Gasteiger charge is -1.86. The average Bonchev–Trinajstić information content (AvgIpc) is 2.20. The highest BCUT2D eigenvalue weighted by Crippen LogP contribution is 1.78. The molecule has 0 saturated carbocycles. The van der Waals surface area contributed by atoms with E-state index in [1.807, 2.05) is 13.8 Å². The molecule has 0 aliphatic heterocycles. The lowest BCUT2D eigenvalue weighted by Crippen LogP contribution is -2.10. The van der Waals surface area contributed by atoms with Crippen LogP contribution >= 0.6 is 0 Å². The SMILES string of the molecule is C=C(C)C(N)=O.CCOCC.OCCO. The molecule has 4 N–H and O–H groups in total. The maximum atomic E-state index is 9.82. The summed E-state index contributed by atoms with van der Waals surface area (Å²) in [6, 6.07) is 0. The van der Waals surface area contributed by atoms with E-state index in [0.717, 1.165) is 13.2 Å². The molecular weight excluding hydrogens is 198 g/mol. The number of primary amides is 1. The summed E-state index contributed by atoms with van der Waals surface area (Å²) in [5.41, 5.74) is 5.09. The number of carbonyl (C=O) groups is 1. The fraction of sp³-hybridized carbons (Fsp3) is 0.700. The molecule has 0 radical (unpaired) electrons. The highest BCUT2D eigenvalue weighted by atomic mass is 16.5. The minimum Gasteiger partial charge on any atom is -0.394 e. The van der Waals surface area contributed by atoms with Crippen molar-refractivity contribution >= 4 is 5.91 Å². The summed E-state index contributed by atoms with van der Waals surface area (Å²) >= 11 is 0. The normalized spacial score (nSPS) is 7.80. The molecule has 0 bridgehead atoms. The smallest absolute Gasteiger partial charge is 0.243 e. The number of ether oxygens (including phenoxy) is 1. The largest absolute Gasteiger partial charge is 0.394 e. The van der Waals surface area contributed by atoms with Crippen molar-refractivity contribution < 1.29 is 19.7 Å². The highest BCUT2D eigenvalue weighted by molar-refractivity contribution is 5.90. The van der Waals surface area contributed by atoms with Crippen LogP contribution in [0.5, 0.6) is 0 Å². The number of rotatable bonds is 4. The van der Waals surface area contributed by atoms with Gasteiger partial charge in [-0.15, -0.1) is 0 Å². The van der Waals surface area contributed by atoms with E-state index in [-0.39, 0.29) is 13.2 Å². The van der Waals surface area contributed by atoms with Crippen molar-refractivity contribution in [3.05, 3.63) is 12.2 Å². The quantitative estimate of drug-likeness (QED) is 0.585. The van der Waals surface area contributed by atoms with Gasteiger partial charge in [0.1, 0.15) is 0 Å². The Bertz CT molecular complexity index is 132. The van der Waals surface area contributed by atoms with Crippen molar-refractivity contribution in [2.24, 2.45) is 5.73 Å². The molecule has 0 atom stereocenters. The predicted octanol–water partition coefficient (Wildman–Crippen LogP) is 0.0616. The summed E-state index contributed by atoms with van der Waals surface area (Å²) in [6.07, 6.45) is 0. The van der Waals surface area contributed by atoms with Crippen LogP contribution in [0.25, 0.3) is 0 Å². The summed E-state index contributed by atoms with van der Waals surface area (Å²) in [7, 11) is 0. The maximum absolute atomic E-state index is 9.82. The summed E-state index contributed by atoms with van der Waals surface area (Å²) in [4.78, 5) is 9.82. The van der Waals surface area contributed by atoms with Crippen LogP contribution in [0, 0.1) is 0 Å². The van der Waals surface area contributed by atoms with Crippen LogP contribution in [0.1, 0.15) is 20.8 Å². The van der Waals surface area contributed by atoms with Gasteiger partial charge in [0.05, 0.1) is 13.2 Å². The monoisotopic (exact) mass is 221 g/mol. The molecule has 0 rings (SSSR count). The lowest BCUT2D eigenvalue weighted by atomic mass is 10.3. The lowest BCUT2D eigenvalue weighted by molar-refractivity contribution is -0.114. The molecule has 0 aromatic rings. The fourth-order valence-corrected chi connectivity index (χ4v) is 0.204. The van der Waals surface area contributed by atoms with Gasteiger partial charge in [0, 0.05) is 18.8 Å². The Kier molecular flexibility index (Phi) is 24.6. The van der Waals surface area contributed by atoms with Gasteiger partial charge in [-0.25, -0.2) is 0 Å². The number of hydrogen-bond donors (Lipinski definition) is 3. The minimum atomic E-state index is -0.435. The molecule has 0 fully saturated rings. The Balaban J connectivity index is -0.000000147. The molecule has 0 aliphatic carbocycles. The molecule has 92 valence electrons. The van der Waals surface area contributed by atoms with E-state index in [1.165, 1.54) is 0 Å². The van der Waals surface area contributed by atoms with Gasteiger partial charge in [-0.3, -0.25) is 4.79 Å². The average molecular weight is 221 g/mol. The number of carbonyl (C=O) groups excluding carboxylic acids is 1. The zero-order chi connectivity index (χ0) is 12.7. The molecule has 15 heavy (non-hydrogen) atoms.